The summed E-state index contributed by atoms with van der Waals surface area (Å²) in [7, 11) is 0. The van der Waals surface area contributed by atoms with Crippen LogP contribution in [0.4, 0.5) is 0 Å². The van der Waals surface area contributed by atoms with Gasteiger partial charge in [0, 0.05) is 30.5 Å². The Balaban J connectivity index is 1.50. The number of nitrogens with zero attached hydrogens (tertiary/aromatic N) is 1. The Morgan fingerprint density at radius 1 is 1.00 bits per heavy atom. The Labute approximate surface area is 244 Å². The fourth-order valence-corrected chi connectivity index (χ4v) is 5.14. The van der Waals surface area contributed by atoms with Gasteiger partial charge in [-0.2, -0.15) is 0 Å². The largest absolute Gasteiger partial charge is 0.478 e. The van der Waals surface area contributed by atoms with Crippen molar-refractivity contribution in [2.45, 2.75) is 46.9 Å². The minimum absolute atomic E-state index is 0.0543. The van der Waals surface area contributed by atoms with Gasteiger partial charge in [-0.3, -0.25) is 4.79 Å². The number of carbonyl (C=O) groups is 2. The molecule has 3 aromatic rings. The lowest BCUT2D eigenvalue weighted by atomic mass is 10.0. The number of alkyl halides is 3. The van der Waals surface area contributed by atoms with E-state index in [0.717, 1.165) is 22.3 Å². The molecule has 0 unspecified atom stereocenters. The number of nitrogens with one attached hydrogen (secondary N) is 1. The summed E-state index contributed by atoms with van der Waals surface area (Å²) in [5, 5.41) is 21.9. The molecule has 12 heteroatoms. The van der Waals surface area contributed by atoms with Crippen LogP contribution in [0.3, 0.4) is 0 Å². The highest BCUT2D eigenvalue weighted by atomic mass is 35.6. The van der Waals surface area contributed by atoms with Gasteiger partial charge in [0.1, 0.15) is 5.03 Å². The van der Waals surface area contributed by atoms with E-state index in [0.29, 0.717) is 17.2 Å². The highest BCUT2D eigenvalue weighted by Gasteiger charge is 2.33. The van der Waals surface area contributed by atoms with Gasteiger partial charge in [-0.25, -0.2) is 9.78 Å². The van der Waals surface area contributed by atoms with E-state index < -0.39 is 22.0 Å². The minimum atomic E-state index is -2.04. The van der Waals surface area contributed by atoms with Crippen molar-refractivity contribution in [3.8, 4) is 0 Å². The van der Waals surface area contributed by atoms with Crippen LogP contribution in [0, 0.1) is 0 Å². The van der Waals surface area contributed by atoms with E-state index in [-0.39, 0.29) is 30.9 Å². The molecule has 206 valence electrons. The predicted octanol–water partition coefficient (Wildman–Crippen LogP) is 5.60. The lowest BCUT2D eigenvalue weighted by Gasteiger charge is -2.36. The van der Waals surface area contributed by atoms with Crippen LogP contribution in [-0.2, 0) is 27.4 Å². The van der Waals surface area contributed by atoms with Crippen LogP contribution < -0.4 is 5.32 Å². The number of carbonyl (C=O) groups excluding carboxylic acids is 1. The van der Waals surface area contributed by atoms with Crippen molar-refractivity contribution >= 4 is 58.4 Å². The Morgan fingerprint density at radius 3 is 2.31 bits per heavy atom. The van der Waals surface area contributed by atoms with Crippen molar-refractivity contribution in [2.24, 2.45) is 0 Å². The number of rotatable bonds is 9. The fourth-order valence-electron chi connectivity index (χ4n) is 3.94. The molecule has 1 fully saturated rings. The highest BCUT2D eigenvalue weighted by molar-refractivity contribution is 7.99. The normalized spacial score (nSPS) is 19.4. The van der Waals surface area contributed by atoms with Crippen molar-refractivity contribution in [2.75, 3.05) is 5.75 Å². The molecule has 0 spiro atoms. The first-order chi connectivity index (χ1) is 18.6. The zero-order valence-electron chi connectivity index (χ0n) is 20.4. The summed E-state index contributed by atoms with van der Waals surface area (Å²) >= 11 is 18.1. The molecule has 0 saturated carbocycles. The number of hydrogen-bond acceptors (Lipinski definition) is 7. The van der Waals surface area contributed by atoms with E-state index in [1.54, 1.807) is 12.3 Å². The summed E-state index contributed by atoms with van der Waals surface area (Å²) in [5.74, 6) is -1.29. The number of thioether (sulfide) groups is 1. The molecule has 0 bridgehead atoms. The second kappa shape index (κ2) is 13.3. The maximum Gasteiger partial charge on any atom is 0.338 e. The topological polar surface area (TPSA) is 118 Å². The number of aromatic nitrogens is 1. The second-order valence-electron chi connectivity index (χ2n) is 8.74. The van der Waals surface area contributed by atoms with E-state index in [1.807, 2.05) is 48.5 Å². The summed E-state index contributed by atoms with van der Waals surface area (Å²) in [6.45, 7) is 0.121. The van der Waals surface area contributed by atoms with Crippen LogP contribution in [0.25, 0.3) is 0 Å². The highest BCUT2D eigenvalue weighted by Crippen LogP contribution is 2.39. The van der Waals surface area contributed by atoms with Crippen LogP contribution in [0.2, 0.25) is 0 Å². The number of aliphatic hydroxyl groups is 1. The lowest BCUT2D eigenvalue weighted by Crippen LogP contribution is -2.34. The maximum atomic E-state index is 11.8. The number of ether oxygens (including phenoxy) is 2. The monoisotopic (exact) mass is 610 g/mol. The van der Waals surface area contributed by atoms with Gasteiger partial charge >= 0.3 is 5.97 Å². The average Bonchev–Trinajstić information content (AvgIpc) is 2.94. The molecule has 4 rings (SSSR count). The van der Waals surface area contributed by atoms with Crippen LogP contribution in [0.15, 0.2) is 71.9 Å². The summed E-state index contributed by atoms with van der Waals surface area (Å²) in [6, 6.07) is 17.9. The third kappa shape index (κ3) is 8.08. The predicted molar refractivity (Wildman–Crippen MR) is 149 cm³/mol. The third-order valence-corrected chi connectivity index (χ3v) is 7.64. The van der Waals surface area contributed by atoms with E-state index >= 15 is 0 Å². The first-order valence-corrected chi connectivity index (χ1v) is 14.0. The summed E-state index contributed by atoms with van der Waals surface area (Å²) in [6.07, 6.45) is 0.833. The molecular formula is C27H25Cl3N2O6S. The zero-order chi connectivity index (χ0) is 28.0. The van der Waals surface area contributed by atoms with Gasteiger partial charge in [-0.15, -0.1) is 11.8 Å². The maximum absolute atomic E-state index is 11.8. The molecule has 8 nitrogen and oxygen atoms in total. The number of benzene rings is 2. The summed E-state index contributed by atoms with van der Waals surface area (Å²) in [5.41, 5.74) is 3.42. The van der Waals surface area contributed by atoms with Crippen molar-refractivity contribution in [3.05, 3.63) is 94.7 Å². The van der Waals surface area contributed by atoms with Crippen LogP contribution in [0.5, 0.6) is 0 Å². The molecule has 3 atom stereocenters. The smallest absolute Gasteiger partial charge is 0.338 e. The van der Waals surface area contributed by atoms with E-state index in [1.165, 1.54) is 17.8 Å². The number of aromatic carboxylic acids is 1. The molecule has 0 radical (unpaired) electrons. The molecule has 1 aliphatic rings. The zero-order valence-corrected chi connectivity index (χ0v) is 23.5. The quantitative estimate of drug-likeness (QED) is 0.212. The minimum Gasteiger partial charge on any atom is -0.478 e. The van der Waals surface area contributed by atoms with Gasteiger partial charge in [0.05, 0.1) is 24.4 Å². The summed E-state index contributed by atoms with van der Waals surface area (Å²) in [4.78, 5) is 27.6. The van der Waals surface area contributed by atoms with E-state index in [2.05, 4.69) is 10.3 Å². The molecule has 3 N–H and O–H groups in total. The van der Waals surface area contributed by atoms with E-state index in [4.69, 9.17) is 44.3 Å². The van der Waals surface area contributed by atoms with Crippen LogP contribution in [0.1, 0.15) is 51.4 Å². The Bertz CT molecular complexity index is 1290. The number of hydrogen-bond donors (Lipinski definition) is 3. The molecule has 1 aliphatic heterocycles. The second-order valence-corrected chi connectivity index (χ2v) is 12.0. The number of carboxylic acid groups (broad SMARTS) is 1. The first kappa shape index (κ1) is 29.6. The summed E-state index contributed by atoms with van der Waals surface area (Å²) < 4.78 is 10.6. The average molecular weight is 612 g/mol. The first-order valence-electron chi connectivity index (χ1n) is 11.9. The van der Waals surface area contributed by atoms with Crippen molar-refractivity contribution in [1.82, 2.24) is 10.3 Å². The van der Waals surface area contributed by atoms with Crippen molar-refractivity contribution in [3.63, 3.8) is 0 Å². The SMILES string of the molecule is O=C(O)c1cccnc1SC[C@@H]1C[C@H](c2ccc(CO)cc2)O[C@H](c2ccc(CNC(=O)C(Cl)(Cl)Cl)cc2)O1. The lowest BCUT2D eigenvalue weighted by molar-refractivity contribution is -0.245. The molecule has 1 amide bonds. The fraction of sp³-hybridized carbons (Fsp3) is 0.296. The third-order valence-electron chi connectivity index (χ3n) is 5.98. The number of amides is 1. The number of carboxylic acids is 1. The Morgan fingerprint density at radius 2 is 1.67 bits per heavy atom. The molecule has 0 aliphatic carbocycles. The van der Waals surface area contributed by atoms with Gasteiger partial charge in [0.15, 0.2) is 6.29 Å². The molecular weight excluding hydrogens is 587 g/mol. The van der Waals surface area contributed by atoms with Crippen molar-refractivity contribution in [1.29, 1.82) is 0 Å². The van der Waals surface area contributed by atoms with E-state index in [9.17, 15) is 19.8 Å². The standard InChI is InChI=1S/C27H25Cl3N2O6S/c28-27(29,30)26(36)32-13-16-3-9-19(10-4-16)25-37-20(15-39-23-21(24(34)35)2-1-11-31-23)12-22(38-25)18-7-5-17(14-33)6-8-18/h1-11,20,22,25,33H,12-15H2,(H,32,36)(H,34,35)/t20-,22+,25+/m0/s1. The Kier molecular flexibility index (Phi) is 10.1. The van der Waals surface area contributed by atoms with Gasteiger partial charge in [-0.05, 0) is 28.8 Å². The molecule has 2 heterocycles. The van der Waals surface area contributed by atoms with Gasteiger partial charge < -0.3 is 25.0 Å². The van der Waals surface area contributed by atoms with Gasteiger partial charge in [0.25, 0.3) is 9.70 Å². The number of aliphatic hydroxyl groups excluding tert-OH is 1. The van der Waals surface area contributed by atoms with Crippen LogP contribution >= 0.6 is 46.6 Å². The molecule has 1 aromatic heterocycles. The molecule has 1 saturated heterocycles. The Hall–Kier alpha value is -2.37. The van der Waals surface area contributed by atoms with Crippen molar-refractivity contribution < 1.29 is 29.3 Å². The number of pyridine rings is 1. The molecule has 39 heavy (non-hydrogen) atoms. The van der Waals surface area contributed by atoms with Crippen LogP contribution in [-0.4, -0.2) is 42.7 Å². The van der Waals surface area contributed by atoms with Gasteiger partial charge in [-0.1, -0.05) is 83.3 Å². The molecule has 2 aromatic carbocycles. The number of halogens is 3. The van der Waals surface area contributed by atoms with Gasteiger partial charge in [0.2, 0.25) is 0 Å².